The van der Waals surface area contributed by atoms with Crippen LogP contribution in [0.2, 0.25) is 0 Å². The van der Waals surface area contributed by atoms with Crippen molar-refractivity contribution in [1.29, 1.82) is 5.41 Å². The molecule has 0 radical (unpaired) electrons. The third-order valence-corrected chi connectivity index (χ3v) is 3.77. The van der Waals surface area contributed by atoms with E-state index in [1.54, 1.807) is 6.26 Å². The molecular formula is C14H17NO2. The van der Waals surface area contributed by atoms with Crippen molar-refractivity contribution >= 4 is 11.5 Å². The van der Waals surface area contributed by atoms with Gasteiger partial charge in [-0.3, -0.25) is 5.41 Å². The highest BCUT2D eigenvalue weighted by atomic mass is 16.5. The molecule has 3 heteroatoms. The van der Waals surface area contributed by atoms with Crippen molar-refractivity contribution < 1.29 is 9.15 Å². The van der Waals surface area contributed by atoms with E-state index in [-0.39, 0.29) is 5.60 Å². The second kappa shape index (κ2) is 3.76. The molecule has 0 saturated heterocycles. The van der Waals surface area contributed by atoms with Gasteiger partial charge in [0.15, 0.2) is 0 Å². The van der Waals surface area contributed by atoms with Crippen molar-refractivity contribution in [1.82, 2.24) is 0 Å². The van der Waals surface area contributed by atoms with Crippen LogP contribution in [0.3, 0.4) is 0 Å². The summed E-state index contributed by atoms with van der Waals surface area (Å²) in [5, 5.41) is 7.77. The first-order chi connectivity index (χ1) is 8.20. The Labute approximate surface area is 101 Å². The Morgan fingerprint density at radius 1 is 1.24 bits per heavy atom. The molecular weight excluding hydrogens is 214 g/mol. The first-order valence-corrected chi connectivity index (χ1v) is 6.25. The quantitative estimate of drug-likeness (QED) is 0.801. The first-order valence-electron chi connectivity index (χ1n) is 6.25. The van der Waals surface area contributed by atoms with Crippen molar-refractivity contribution in [3.63, 3.8) is 0 Å². The van der Waals surface area contributed by atoms with E-state index in [1.165, 1.54) is 19.3 Å². The van der Waals surface area contributed by atoms with Gasteiger partial charge < -0.3 is 9.15 Å². The molecule has 1 aliphatic carbocycles. The van der Waals surface area contributed by atoms with Gasteiger partial charge in [0, 0.05) is 17.2 Å². The summed E-state index contributed by atoms with van der Waals surface area (Å²) in [6, 6.07) is 2.03. The molecule has 90 valence electrons. The van der Waals surface area contributed by atoms with E-state index in [2.05, 4.69) is 0 Å². The Bertz CT molecular complexity index is 478. The van der Waals surface area contributed by atoms with Gasteiger partial charge in [0.1, 0.15) is 11.4 Å². The van der Waals surface area contributed by atoms with Crippen LogP contribution in [0.1, 0.15) is 43.4 Å². The van der Waals surface area contributed by atoms with E-state index >= 15 is 0 Å². The minimum atomic E-state index is -0.244. The predicted molar refractivity (Wildman–Crippen MR) is 66.0 cm³/mol. The molecule has 0 bridgehead atoms. The lowest BCUT2D eigenvalue weighted by atomic mass is 9.78. The third-order valence-electron chi connectivity index (χ3n) is 3.77. The van der Waals surface area contributed by atoms with Crippen LogP contribution in [0.4, 0.5) is 0 Å². The number of aryl methyl sites for hydroxylation is 1. The van der Waals surface area contributed by atoms with E-state index in [1.807, 2.05) is 19.1 Å². The van der Waals surface area contributed by atoms with Crippen LogP contribution in [0.25, 0.3) is 5.57 Å². The molecule has 1 aliphatic heterocycles. The third kappa shape index (κ3) is 1.70. The second-order valence-electron chi connectivity index (χ2n) is 5.03. The largest absolute Gasteiger partial charge is 0.469 e. The van der Waals surface area contributed by atoms with Crippen LogP contribution in [0.5, 0.6) is 0 Å². The summed E-state index contributed by atoms with van der Waals surface area (Å²) < 4.78 is 11.2. The van der Waals surface area contributed by atoms with Crippen molar-refractivity contribution in [3.05, 3.63) is 29.7 Å². The lowest BCUT2D eigenvalue weighted by molar-refractivity contribution is 0.0841. The number of rotatable bonds is 1. The fraction of sp³-hybridized carbons (Fsp3) is 0.500. The van der Waals surface area contributed by atoms with Crippen molar-refractivity contribution in [2.24, 2.45) is 0 Å². The molecule has 0 unspecified atom stereocenters. The van der Waals surface area contributed by atoms with E-state index in [4.69, 9.17) is 14.6 Å². The monoisotopic (exact) mass is 231 g/mol. The molecule has 1 spiro atoms. The molecule has 1 aromatic rings. The van der Waals surface area contributed by atoms with Gasteiger partial charge in [0.2, 0.25) is 5.90 Å². The molecule has 0 atom stereocenters. The maximum Gasteiger partial charge on any atom is 0.207 e. The molecule has 1 saturated carbocycles. The molecule has 1 N–H and O–H groups in total. The van der Waals surface area contributed by atoms with Crippen molar-refractivity contribution in [3.8, 4) is 0 Å². The zero-order valence-corrected chi connectivity index (χ0v) is 10.1. The van der Waals surface area contributed by atoms with Crippen LogP contribution >= 0.6 is 0 Å². The minimum Gasteiger partial charge on any atom is -0.469 e. The number of ether oxygens (including phenoxy) is 1. The summed E-state index contributed by atoms with van der Waals surface area (Å²) in [6.07, 6.45) is 9.31. The molecule has 1 fully saturated rings. The maximum atomic E-state index is 7.77. The van der Waals surface area contributed by atoms with Crippen molar-refractivity contribution in [2.75, 3.05) is 0 Å². The Morgan fingerprint density at radius 3 is 2.65 bits per heavy atom. The fourth-order valence-corrected chi connectivity index (χ4v) is 2.98. The molecule has 2 aliphatic rings. The number of furan rings is 1. The van der Waals surface area contributed by atoms with Gasteiger partial charge in [-0.25, -0.2) is 0 Å². The number of hydrogen-bond acceptors (Lipinski definition) is 3. The average Bonchev–Trinajstić information content (AvgIpc) is 2.85. The Morgan fingerprint density at radius 2 is 2.00 bits per heavy atom. The summed E-state index contributed by atoms with van der Waals surface area (Å²) in [6.45, 7) is 1.94. The van der Waals surface area contributed by atoms with E-state index in [0.717, 1.165) is 29.7 Å². The average molecular weight is 231 g/mol. The highest BCUT2D eigenvalue weighted by Gasteiger charge is 2.43. The van der Waals surface area contributed by atoms with Crippen LogP contribution in [0, 0.1) is 12.3 Å². The second-order valence-corrected chi connectivity index (χ2v) is 5.03. The summed E-state index contributed by atoms with van der Waals surface area (Å²) >= 11 is 0. The lowest BCUT2D eigenvalue weighted by Crippen LogP contribution is -2.33. The summed E-state index contributed by atoms with van der Waals surface area (Å²) in [4.78, 5) is 0. The lowest BCUT2D eigenvalue weighted by Gasteiger charge is -2.34. The van der Waals surface area contributed by atoms with E-state index < -0.39 is 0 Å². The van der Waals surface area contributed by atoms with Gasteiger partial charge in [0.05, 0.1) is 6.26 Å². The Hall–Kier alpha value is -1.51. The molecule has 1 aromatic heterocycles. The van der Waals surface area contributed by atoms with Crippen LogP contribution in [0.15, 0.2) is 22.8 Å². The normalized spacial score (nSPS) is 22.6. The standard InChI is InChI=1S/C14H17NO2/c1-10-7-11(9-16-10)12-8-13(15)17-14(12)5-3-2-4-6-14/h7-9,15H,2-6H2,1H3. The summed E-state index contributed by atoms with van der Waals surface area (Å²) in [5.74, 6) is 1.20. The Kier molecular flexibility index (Phi) is 2.35. The zero-order chi connectivity index (χ0) is 11.9. The van der Waals surface area contributed by atoms with Crippen molar-refractivity contribution in [2.45, 2.75) is 44.6 Å². The van der Waals surface area contributed by atoms with Gasteiger partial charge in [-0.05, 0) is 38.7 Å². The molecule has 3 nitrogen and oxygen atoms in total. The van der Waals surface area contributed by atoms with Crippen LogP contribution in [-0.4, -0.2) is 11.5 Å². The smallest absolute Gasteiger partial charge is 0.207 e. The van der Waals surface area contributed by atoms with Gasteiger partial charge in [0.25, 0.3) is 0 Å². The predicted octanol–water partition coefficient (Wildman–Crippen LogP) is 3.68. The SMILES string of the molecule is Cc1cc(C2=CC(=N)OC23CCCCC3)co1. The Balaban J connectivity index is 2.00. The molecule has 0 aromatic carbocycles. The van der Waals surface area contributed by atoms with Gasteiger partial charge >= 0.3 is 0 Å². The highest BCUT2D eigenvalue weighted by molar-refractivity contribution is 6.00. The van der Waals surface area contributed by atoms with Gasteiger partial charge in [-0.1, -0.05) is 6.42 Å². The topological polar surface area (TPSA) is 46.2 Å². The van der Waals surface area contributed by atoms with E-state index in [9.17, 15) is 0 Å². The van der Waals surface area contributed by atoms with Crippen LogP contribution in [-0.2, 0) is 4.74 Å². The number of hydrogen-bond donors (Lipinski definition) is 1. The summed E-state index contributed by atoms with van der Waals surface area (Å²) in [5.41, 5.74) is 1.97. The molecule has 0 amide bonds. The minimum absolute atomic E-state index is 0.244. The molecule has 2 heterocycles. The fourth-order valence-electron chi connectivity index (χ4n) is 2.98. The van der Waals surface area contributed by atoms with Gasteiger partial charge in [-0.2, -0.15) is 0 Å². The number of nitrogens with one attached hydrogen (secondary N) is 1. The van der Waals surface area contributed by atoms with E-state index in [0.29, 0.717) is 5.90 Å². The van der Waals surface area contributed by atoms with Crippen LogP contribution < -0.4 is 0 Å². The highest BCUT2D eigenvalue weighted by Crippen LogP contribution is 2.46. The molecule has 17 heavy (non-hydrogen) atoms. The van der Waals surface area contributed by atoms with Gasteiger partial charge in [-0.15, -0.1) is 0 Å². The first kappa shape index (κ1) is 10.6. The summed E-state index contributed by atoms with van der Waals surface area (Å²) in [7, 11) is 0. The zero-order valence-electron chi connectivity index (χ0n) is 10.1. The maximum absolute atomic E-state index is 7.77. The molecule has 3 rings (SSSR count).